The second-order valence-corrected chi connectivity index (χ2v) is 6.01. The summed E-state index contributed by atoms with van der Waals surface area (Å²) in [5.41, 5.74) is 2.03. The maximum absolute atomic E-state index is 12.7. The Kier molecular flexibility index (Phi) is 4.79. The van der Waals surface area contributed by atoms with Gasteiger partial charge in [-0.3, -0.25) is 9.69 Å². The molecule has 5 heteroatoms. The number of likely N-dealkylation sites (N-methyl/N-ethyl adjacent to an activating group) is 1. The number of amides is 1. The van der Waals surface area contributed by atoms with Crippen LogP contribution in [0.1, 0.15) is 18.4 Å². The average molecular weight is 336 g/mol. The molecular weight excluding hydrogens is 318 g/mol. The van der Waals surface area contributed by atoms with Gasteiger partial charge < -0.3 is 4.90 Å². The van der Waals surface area contributed by atoms with Gasteiger partial charge in [-0.05, 0) is 54.0 Å². The minimum Gasteiger partial charge on any atom is -0.310 e. The topological polar surface area (TPSA) is 47.3 Å². The van der Waals surface area contributed by atoms with Crippen LogP contribution in [-0.2, 0) is 4.79 Å². The number of halogens is 1. The molecule has 1 aliphatic rings. The molecule has 1 aromatic rings. The van der Waals surface area contributed by atoms with E-state index >= 15 is 0 Å². The first kappa shape index (κ1) is 15.0. The van der Waals surface area contributed by atoms with Crippen molar-refractivity contribution in [3.05, 3.63) is 28.2 Å². The Morgan fingerprint density at radius 3 is 2.85 bits per heavy atom. The van der Waals surface area contributed by atoms with Gasteiger partial charge in [0.25, 0.3) is 0 Å². The zero-order chi connectivity index (χ0) is 14.7. The molecule has 1 fully saturated rings. The highest BCUT2D eigenvalue weighted by Gasteiger charge is 2.31. The summed E-state index contributed by atoms with van der Waals surface area (Å²) in [6, 6.07) is 7.75. The molecule has 0 bridgehead atoms. The van der Waals surface area contributed by atoms with E-state index in [1.165, 1.54) is 0 Å². The number of nitriles is 1. The molecule has 0 N–H and O–H groups in total. The molecule has 1 aliphatic heterocycles. The van der Waals surface area contributed by atoms with Gasteiger partial charge in [0, 0.05) is 17.6 Å². The van der Waals surface area contributed by atoms with E-state index < -0.39 is 0 Å². The lowest BCUT2D eigenvalue weighted by molar-refractivity contribution is -0.122. The SMILES string of the molecule is Cc1ccc(N2CCCN(C)C(CC#N)C2=O)c(Br)c1. The molecule has 0 spiro atoms. The molecule has 0 radical (unpaired) electrons. The number of aryl methyl sites for hydroxylation is 1. The standard InChI is InChI=1S/C15H18BrN3O/c1-11-4-5-13(12(16)10-11)19-9-3-8-18(2)14(6-7-17)15(19)20/h4-5,10,14H,3,6,8-9H2,1-2H3. The number of hydrogen-bond acceptors (Lipinski definition) is 3. The Bertz CT molecular complexity index is 553. The Morgan fingerprint density at radius 2 is 2.20 bits per heavy atom. The van der Waals surface area contributed by atoms with E-state index in [-0.39, 0.29) is 18.4 Å². The summed E-state index contributed by atoms with van der Waals surface area (Å²) in [5.74, 6) is 0.0103. The number of carbonyl (C=O) groups is 1. The van der Waals surface area contributed by atoms with E-state index in [0.29, 0.717) is 6.54 Å². The van der Waals surface area contributed by atoms with Crippen LogP contribution in [-0.4, -0.2) is 37.0 Å². The third-order valence-electron chi connectivity index (χ3n) is 3.65. The van der Waals surface area contributed by atoms with E-state index in [0.717, 1.165) is 28.7 Å². The van der Waals surface area contributed by atoms with Crippen molar-refractivity contribution >= 4 is 27.5 Å². The normalized spacial score (nSPS) is 20.6. The van der Waals surface area contributed by atoms with Crippen LogP contribution in [0.3, 0.4) is 0 Å². The quantitative estimate of drug-likeness (QED) is 0.834. The number of carbonyl (C=O) groups excluding carboxylic acids is 1. The summed E-state index contributed by atoms with van der Waals surface area (Å²) in [6.45, 7) is 3.54. The van der Waals surface area contributed by atoms with Crippen LogP contribution in [0.25, 0.3) is 0 Å². The van der Waals surface area contributed by atoms with Crippen LogP contribution < -0.4 is 4.90 Å². The Balaban J connectivity index is 2.35. The minimum absolute atomic E-state index is 0.0103. The van der Waals surface area contributed by atoms with Crippen LogP contribution in [0.15, 0.2) is 22.7 Å². The van der Waals surface area contributed by atoms with Crippen LogP contribution in [0.4, 0.5) is 5.69 Å². The van der Waals surface area contributed by atoms with E-state index in [4.69, 9.17) is 5.26 Å². The fraction of sp³-hybridized carbons (Fsp3) is 0.467. The van der Waals surface area contributed by atoms with Crippen LogP contribution in [0.2, 0.25) is 0 Å². The van der Waals surface area contributed by atoms with Crippen LogP contribution >= 0.6 is 15.9 Å². The molecule has 1 unspecified atom stereocenters. The van der Waals surface area contributed by atoms with Crippen molar-refractivity contribution in [1.29, 1.82) is 5.26 Å². The Morgan fingerprint density at radius 1 is 1.45 bits per heavy atom. The summed E-state index contributed by atoms with van der Waals surface area (Å²) in [7, 11) is 1.91. The van der Waals surface area contributed by atoms with Crippen molar-refractivity contribution in [3.63, 3.8) is 0 Å². The molecule has 1 amide bonds. The lowest BCUT2D eigenvalue weighted by Crippen LogP contribution is -2.44. The summed E-state index contributed by atoms with van der Waals surface area (Å²) in [5, 5.41) is 8.94. The molecule has 1 aromatic carbocycles. The predicted molar refractivity (Wildman–Crippen MR) is 82.5 cm³/mol. The van der Waals surface area contributed by atoms with Crippen molar-refractivity contribution < 1.29 is 4.79 Å². The molecule has 1 saturated heterocycles. The van der Waals surface area contributed by atoms with Crippen molar-refractivity contribution in [3.8, 4) is 6.07 Å². The maximum Gasteiger partial charge on any atom is 0.245 e. The fourth-order valence-corrected chi connectivity index (χ4v) is 3.22. The first-order valence-corrected chi connectivity index (χ1v) is 7.48. The number of anilines is 1. The van der Waals surface area contributed by atoms with Gasteiger partial charge in [-0.25, -0.2) is 0 Å². The van der Waals surface area contributed by atoms with Gasteiger partial charge >= 0.3 is 0 Å². The van der Waals surface area contributed by atoms with Crippen LogP contribution in [0.5, 0.6) is 0 Å². The number of hydrogen-bond donors (Lipinski definition) is 0. The van der Waals surface area contributed by atoms with Gasteiger partial charge in [0.15, 0.2) is 0 Å². The zero-order valence-corrected chi connectivity index (χ0v) is 13.4. The number of rotatable bonds is 2. The Hall–Kier alpha value is -1.38. The molecule has 20 heavy (non-hydrogen) atoms. The average Bonchev–Trinajstić information content (AvgIpc) is 2.53. The van der Waals surface area contributed by atoms with Crippen molar-refractivity contribution in [1.82, 2.24) is 4.90 Å². The van der Waals surface area contributed by atoms with E-state index in [9.17, 15) is 4.79 Å². The van der Waals surface area contributed by atoms with E-state index in [2.05, 4.69) is 22.0 Å². The molecule has 0 aromatic heterocycles. The Labute approximate surface area is 128 Å². The highest BCUT2D eigenvalue weighted by molar-refractivity contribution is 9.10. The molecule has 0 aliphatic carbocycles. The van der Waals surface area contributed by atoms with Gasteiger partial charge in [0.1, 0.15) is 6.04 Å². The van der Waals surface area contributed by atoms with Gasteiger partial charge in [-0.1, -0.05) is 6.07 Å². The smallest absolute Gasteiger partial charge is 0.245 e. The van der Waals surface area contributed by atoms with Crippen molar-refractivity contribution in [2.75, 3.05) is 25.0 Å². The number of benzene rings is 1. The lowest BCUT2D eigenvalue weighted by Gasteiger charge is -2.27. The van der Waals surface area contributed by atoms with Gasteiger partial charge in [0.05, 0.1) is 18.2 Å². The second-order valence-electron chi connectivity index (χ2n) is 5.16. The minimum atomic E-state index is -0.351. The molecule has 2 rings (SSSR count). The third-order valence-corrected chi connectivity index (χ3v) is 4.29. The molecule has 0 saturated carbocycles. The van der Waals surface area contributed by atoms with E-state index in [1.54, 1.807) is 4.90 Å². The van der Waals surface area contributed by atoms with Crippen molar-refractivity contribution in [2.24, 2.45) is 0 Å². The summed E-state index contributed by atoms with van der Waals surface area (Å²) in [6.07, 6.45) is 1.14. The predicted octanol–water partition coefficient (Wildman–Crippen LogP) is 2.71. The molecule has 1 atom stereocenters. The molecular formula is C15H18BrN3O. The van der Waals surface area contributed by atoms with Gasteiger partial charge in [0.2, 0.25) is 5.91 Å². The fourth-order valence-electron chi connectivity index (χ4n) is 2.51. The maximum atomic E-state index is 12.7. The lowest BCUT2D eigenvalue weighted by atomic mass is 10.1. The van der Waals surface area contributed by atoms with E-state index in [1.807, 2.05) is 37.1 Å². The van der Waals surface area contributed by atoms with Crippen molar-refractivity contribution in [2.45, 2.75) is 25.8 Å². The molecule has 4 nitrogen and oxygen atoms in total. The second kappa shape index (κ2) is 6.38. The van der Waals surface area contributed by atoms with Gasteiger partial charge in [-0.2, -0.15) is 5.26 Å². The molecule has 1 heterocycles. The monoisotopic (exact) mass is 335 g/mol. The summed E-state index contributed by atoms with van der Waals surface area (Å²) < 4.78 is 0.922. The summed E-state index contributed by atoms with van der Waals surface area (Å²) >= 11 is 3.54. The highest BCUT2D eigenvalue weighted by Crippen LogP contribution is 2.29. The molecule has 106 valence electrons. The first-order chi connectivity index (χ1) is 9.54. The van der Waals surface area contributed by atoms with Crippen LogP contribution in [0, 0.1) is 18.3 Å². The van der Waals surface area contributed by atoms with Gasteiger partial charge in [-0.15, -0.1) is 0 Å². The third kappa shape index (κ3) is 3.02. The largest absolute Gasteiger partial charge is 0.310 e. The summed E-state index contributed by atoms with van der Waals surface area (Å²) in [4.78, 5) is 16.5. The number of nitrogens with zero attached hydrogens (tertiary/aromatic N) is 3. The zero-order valence-electron chi connectivity index (χ0n) is 11.8. The highest BCUT2D eigenvalue weighted by atomic mass is 79.9. The first-order valence-electron chi connectivity index (χ1n) is 6.69.